The Morgan fingerprint density at radius 3 is 3.05 bits per heavy atom. The summed E-state index contributed by atoms with van der Waals surface area (Å²) in [7, 11) is 0. The number of ether oxygens (including phenoxy) is 1. The molecule has 0 radical (unpaired) electrons. The number of carbonyl (C=O) groups is 1. The van der Waals surface area contributed by atoms with E-state index in [1.807, 2.05) is 13.0 Å². The molecule has 2 aliphatic rings. The van der Waals surface area contributed by atoms with Crippen molar-refractivity contribution in [3.63, 3.8) is 0 Å². The molecule has 0 saturated carbocycles. The highest BCUT2D eigenvalue weighted by molar-refractivity contribution is 5.97. The van der Waals surface area contributed by atoms with E-state index in [1.165, 1.54) is 4.52 Å². The molecule has 2 aromatic rings. The molecule has 1 amide bonds. The number of nitrogens with one attached hydrogen (secondary N) is 1. The summed E-state index contributed by atoms with van der Waals surface area (Å²) in [4.78, 5) is 31.1. The second kappa shape index (κ2) is 4.42. The molecule has 110 valence electrons. The molecule has 7 nitrogen and oxygen atoms in total. The fourth-order valence-corrected chi connectivity index (χ4v) is 3.05. The maximum atomic E-state index is 12.5. The number of amides is 1. The number of H-pyrrole nitrogens is 1. The van der Waals surface area contributed by atoms with Gasteiger partial charge < -0.3 is 9.64 Å². The van der Waals surface area contributed by atoms with Crippen LogP contribution in [0.25, 0.3) is 5.65 Å². The summed E-state index contributed by atoms with van der Waals surface area (Å²) in [6.07, 6.45) is 1.60. The lowest BCUT2D eigenvalue weighted by Crippen LogP contribution is -2.36. The van der Waals surface area contributed by atoms with Gasteiger partial charge in [0, 0.05) is 18.4 Å². The molecule has 0 aliphatic carbocycles. The van der Waals surface area contributed by atoms with Crippen LogP contribution in [0.5, 0.6) is 0 Å². The largest absolute Gasteiger partial charge is 0.379 e. The van der Waals surface area contributed by atoms with E-state index in [-0.39, 0.29) is 17.5 Å². The topological polar surface area (TPSA) is 79.7 Å². The van der Waals surface area contributed by atoms with Gasteiger partial charge in [-0.15, -0.1) is 0 Å². The molecular formula is C14H16N4O3. The van der Waals surface area contributed by atoms with E-state index < -0.39 is 0 Å². The van der Waals surface area contributed by atoms with Crippen LogP contribution in [-0.4, -0.2) is 44.7 Å². The van der Waals surface area contributed by atoms with Crippen LogP contribution in [0, 0.1) is 0 Å². The van der Waals surface area contributed by atoms with Gasteiger partial charge in [0.2, 0.25) is 0 Å². The summed E-state index contributed by atoms with van der Waals surface area (Å²) in [5.74, 6) is -0.153. The van der Waals surface area contributed by atoms with E-state index in [2.05, 4.69) is 10.1 Å². The number of fused-ring (bicyclic) bond motifs is 2. The summed E-state index contributed by atoms with van der Waals surface area (Å²) in [5, 5.41) is 3.03. The van der Waals surface area contributed by atoms with Crippen molar-refractivity contribution in [2.45, 2.75) is 32.4 Å². The molecule has 1 atom stereocenters. The molecule has 0 spiro atoms. The van der Waals surface area contributed by atoms with E-state index in [0.717, 1.165) is 18.5 Å². The van der Waals surface area contributed by atoms with Gasteiger partial charge >= 0.3 is 0 Å². The summed E-state index contributed by atoms with van der Waals surface area (Å²) >= 11 is 0. The van der Waals surface area contributed by atoms with Crippen LogP contribution in [0.1, 0.15) is 35.1 Å². The number of aryl methyl sites for hydroxylation is 1. The minimum atomic E-state index is -0.176. The van der Waals surface area contributed by atoms with Gasteiger partial charge in [0.15, 0.2) is 5.65 Å². The van der Waals surface area contributed by atoms with Crippen LogP contribution in [0.4, 0.5) is 0 Å². The second-order valence-electron chi connectivity index (χ2n) is 5.52. The molecule has 0 aromatic carbocycles. The van der Waals surface area contributed by atoms with Crippen molar-refractivity contribution in [1.82, 2.24) is 19.5 Å². The Balaban J connectivity index is 1.82. The SMILES string of the molecule is CCc1cc2nc3c(c(=O)n2[nH]1)CN(C1CCOC1)C3=O. The molecule has 4 rings (SSSR count). The van der Waals surface area contributed by atoms with Crippen molar-refractivity contribution in [2.24, 2.45) is 0 Å². The van der Waals surface area contributed by atoms with Crippen molar-refractivity contribution in [3.8, 4) is 0 Å². The van der Waals surface area contributed by atoms with E-state index in [0.29, 0.717) is 36.7 Å². The lowest BCUT2D eigenvalue weighted by Gasteiger charge is -2.21. The van der Waals surface area contributed by atoms with Gasteiger partial charge in [0.25, 0.3) is 11.5 Å². The molecule has 7 heteroatoms. The molecule has 1 saturated heterocycles. The minimum absolute atomic E-state index is 0.0562. The maximum Gasteiger partial charge on any atom is 0.278 e. The molecule has 4 heterocycles. The standard InChI is InChI=1S/C14H16N4O3/c1-2-8-5-11-15-12-10(13(19)18(11)16-8)6-17(14(12)20)9-3-4-21-7-9/h5,9,16H,2-4,6-7H2,1H3. The number of hydrogen-bond acceptors (Lipinski definition) is 4. The summed E-state index contributed by atoms with van der Waals surface area (Å²) in [6, 6.07) is 1.87. The van der Waals surface area contributed by atoms with Gasteiger partial charge in [-0.2, -0.15) is 0 Å². The smallest absolute Gasteiger partial charge is 0.278 e. The molecule has 1 fully saturated rings. The van der Waals surface area contributed by atoms with Gasteiger partial charge in [0.1, 0.15) is 5.69 Å². The Kier molecular flexibility index (Phi) is 2.65. The molecular weight excluding hydrogens is 272 g/mol. The fraction of sp³-hybridized carbons (Fsp3) is 0.500. The zero-order valence-corrected chi connectivity index (χ0v) is 11.8. The van der Waals surface area contributed by atoms with Crippen molar-refractivity contribution >= 4 is 11.6 Å². The van der Waals surface area contributed by atoms with Crippen LogP contribution in [0.15, 0.2) is 10.9 Å². The van der Waals surface area contributed by atoms with Crippen LogP contribution in [0.2, 0.25) is 0 Å². The van der Waals surface area contributed by atoms with Crippen molar-refractivity contribution in [2.75, 3.05) is 13.2 Å². The zero-order chi connectivity index (χ0) is 14.6. The van der Waals surface area contributed by atoms with Gasteiger partial charge in [-0.1, -0.05) is 6.92 Å². The van der Waals surface area contributed by atoms with Crippen molar-refractivity contribution in [1.29, 1.82) is 0 Å². The molecule has 21 heavy (non-hydrogen) atoms. The number of aromatic amines is 1. The monoisotopic (exact) mass is 288 g/mol. The van der Waals surface area contributed by atoms with Gasteiger partial charge in [-0.05, 0) is 12.8 Å². The van der Waals surface area contributed by atoms with Crippen molar-refractivity contribution < 1.29 is 9.53 Å². The first-order chi connectivity index (χ1) is 10.2. The van der Waals surface area contributed by atoms with E-state index in [9.17, 15) is 9.59 Å². The highest BCUT2D eigenvalue weighted by Crippen LogP contribution is 2.24. The quantitative estimate of drug-likeness (QED) is 0.863. The molecule has 2 aromatic heterocycles. The lowest BCUT2D eigenvalue weighted by atomic mass is 10.2. The lowest BCUT2D eigenvalue weighted by molar-refractivity contribution is 0.0675. The van der Waals surface area contributed by atoms with Crippen molar-refractivity contribution in [3.05, 3.63) is 33.4 Å². The van der Waals surface area contributed by atoms with E-state index in [1.54, 1.807) is 4.90 Å². The highest BCUT2D eigenvalue weighted by Gasteiger charge is 2.38. The van der Waals surface area contributed by atoms with Crippen LogP contribution in [-0.2, 0) is 17.7 Å². The first kappa shape index (κ1) is 12.6. The van der Waals surface area contributed by atoms with Crippen LogP contribution >= 0.6 is 0 Å². The summed E-state index contributed by atoms with van der Waals surface area (Å²) < 4.78 is 6.77. The number of nitrogens with zero attached hydrogens (tertiary/aromatic N) is 3. The second-order valence-corrected chi connectivity index (χ2v) is 5.52. The number of carbonyl (C=O) groups excluding carboxylic acids is 1. The van der Waals surface area contributed by atoms with E-state index in [4.69, 9.17) is 4.74 Å². The van der Waals surface area contributed by atoms with Gasteiger partial charge in [0.05, 0.1) is 24.8 Å². The Hall–Kier alpha value is -2.15. The third-order valence-electron chi connectivity index (χ3n) is 4.28. The first-order valence-electron chi connectivity index (χ1n) is 7.21. The number of aromatic nitrogens is 3. The Labute approximate surface area is 120 Å². The Bertz CT molecular complexity index is 785. The average molecular weight is 288 g/mol. The highest BCUT2D eigenvalue weighted by atomic mass is 16.5. The Morgan fingerprint density at radius 1 is 1.48 bits per heavy atom. The summed E-state index contributed by atoms with van der Waals surface area (Å²) in [6.45, 7) is 3.53. The van der Waals surface area contributed by atoms with Crippen LogP contribution in [0.3, 0.4) is 0 Å². The van der Waals surface area contributed by atoms with Crippen LogP contribution < -0.4 is 5.56 Å². The molecule has 1 unspecified atom stereocenters. The normalized spacial score (nSPS) is 21.5. The zero-order valence-electron chi connectivity index (χ0n) is 11.8. The maximum absolute atomic E-state index is 12.5. The van der Waals surface area contributed by atoms with Gasteiger partial charge in [-0.25, -0.2) is 9.50 Å². The minimum Gasteiger partial charge on any atom is -0.379 e. The van der Waals surface area contributed by atoms with E-state index >= 15 is 0 Å². The Morgan fingerprint density at radius 2 is 2.33 bits per heavy atom. The molecule has 1 N–H and O–H groups in total. The third-order valence-corrected chi connectivity index (χ3v) is 4.28. The fourth-order valence-electron chi connectivity index (χ4n) is 3.05. The summed E-state index contributed by atoms with van der Waals surface area (Å²) in [5.41, 5.74) is 2.04. The number of hydrogen-bond donors (Lipinski definition) is 1. The predicted molar refractivity (Wildman–Crippen MR) is 74.3 cm³/mol. The third kappa shape index (κ3) is 1.73. The van der Waals surface area contributed by atoms with Gasteiger partial charge in [-0.3, -0.25) is 14.7 Å². The molecule has 0 bridgehead atoms. The first-order valence-corrected chi connectivity index (χ1v) is 7.21. The predicted octanol–water partition coefficient (Wildman–Crippen LogP) is 0.330. The molecule has 2 aliphatic heterocycles. The number of rotatable bonds is 2. The average Bonchev–Trinajstić information content (AvgIpc) is 3.19.